The Hall–Kier alpha value is -1.89. The number of hydrogen-bond acceptors (Lipinski definition) is 6. The van der Waals surface area contributed by atoms with Crippen molar-refractivity contribution in [1.29, 1.82) is 0 Å². The molecule has 30 heavy (non-hydrogen) atoms. The monoisotopic (exact) mass is 413 g/mol. The number of likely N-dealkylation sites (tertiary alicyclic amines) is 1. The SMILES string of the molecule is CCCC(O)COC1C=C[C@H]2[C@H]3Cc4ccc(OC(C)=O)c5c4[C@@]2(CCN3C)C1O5. The van der Waals surface area contributed by atoms with Crippen LogP contribution in [0.5, 0.6) is 11.5 Å². The van der Waals surface area contributed by atoms with Crippen LogP contribution in [0.2, 0.25) is 0 Å². The van der Waals surface area contributed by atoms with Gasteiger partial charge >= 0.3 is 5.97 Å². The summed E-state index contributed by atoms with van der Waals surface area (Å²) < 4.78 is 18.3. The zero-order chi connectivity index (χ0) is 21.0. The Kier molecular flexibility index (Phi) is 4.92. The number of aliphatic hydroxyl groups excluding tert-OH is 1. The van der Waals surface area contributed by atoms with Gasteiger partial charge in [-0.3, -0.25) is 4.79 Å². The molecule has 162 valence electrons. The summed E-state index contributed by atoms with van der Waals surface area (Å²) >= 11 is 0. The van der Waals surface area contributed by atoms with E-state index in [1.807, 2.05) is 6.07 Å². The molecule has 0 amide bonds. The van der Waals surface area contributed by atoms with Crippen molar-refractivity contribution < 1.29 is 24.1 Å². The number of piperidine rings is 1. The number of benzene rings is 1. The van der Waals surface area contributed by atoms with Gasteiger partial charge in [0.25, 0.3) is 0 Å². The first-order chi connectivity index (χ1) is 14.5. The average molecular weight is 414 g/mol. The molecule has 5 rings (SSSR count). The van der Waals surface area contributed by atoms with Crippen molar-refractivity contribution in [3.63, 3.8) is 0 Å². The van der Waals surface area contributed by atoms with E-state index < -0.39 is 6.10 Å². The number of hydrogen-bond donors (Lipinski definition) is 1. The molecule has 1 aromatic rings. The molecule has 2 bridgehead atoms. The van der Waals surface area contributed by atoms with Crippen LogP contribution < -0.4 is 9.47 Å². The summed E-state index contributed by atoms with van der Waals surface area (Å²) in [6.45, 7) is 4.77. The average Bonchev–Trinajstić information content (AvgIpc) is 3.06. The molecular formula is C24H31NO5. The molecule has 1 aromatic carbocycles. The third-order valence-corrected chi connectivity index (χ3v) is 7.47. The van der Waals surface area contributed by atoms with Gasteiger partial charge in [-0.15, -0.1) is 0 Å². The van der Waals surface area contributed by atoms with E-state index in [2.05, 4.69) is 37.1 Å². The third-order valence-electron chi connectivity index (χ3n) is 7.47. The summed E-state index contributed by atoms with van der Waals surface area (Å²) in [6, 6.07) is 4.39. The smallest absolute Gasteiger partial charge is 0.308 e. The van der Waals surface area contributed by atoms with Gasteiger partial charge in [-0.25, -0.2) is 0 Å². The Morgan fingerprint density at radius 1 is 1.40 bits per heavy atom. The van der Waals surface area contributed by atoms with Crippen molar-refractivity contribution in [2.24, 2.45) is 5.92 Å². The molecular weight excluding hydrogens is 382 g/mol. The lowest BCUT2D eigenvalue weighted by molar-refractivity contribution is -0.132. The van der Waals surface area contributed by atoms with Crippen LogP contribution in [0.15, 0.2) is 24.3 Å². The van der Waals surface area contributed by atoms with Crippen LogP contribution in [0.4, 0.5) is 0 Å². The Bertz CT molecular complexity index is 883. The molecule has 1 N–H and O–H groups in total. The maximum Gasteiger partial charge on any atom is 0.308 e. The second-order valence-corrected chi connectivity index (χ2v) is 9.25. The van der Waals surface area contributed by atoms with Gasteiger partial charge in [-0.05, 0) is 44.5 Å². The molecule has 2 aliphatic heterocycles. The molecule has 1 spiro atoms. The number of carbonyl (C=O) groups is 1. The standard InChI is InChI=1S/C24H31NO5/c1-4-5-16(27)13-28-20-9-7-17-18-12-15-6-8-19(29-14(2)26)22-21(15)24(17,23(20)30-22)10-11-25(18)3/h6-9,16-18,20,23,27H,4-5,10-13H2,1-3H3/t16?,17-,18+,20?,23?,24-/m0/s1. The van der Waals surface area contributed by atoms with Crippen molar-refractivity contribution in [3.05, 3.63) is 35.4 Å². The second-order valence-electron chi connectivity index (χ2n) is 9.25. The second kappa shape index (κ2) is 7.36. The molecule has 2 heterocycles. The first-order valence-electron chi connectivity index (χ1n) is 11.2. The summed E-state index contributed by atoms with van der Waals surface area (Å²) in [5.74, 6) is 1.21. The van der Waals surface area contributed by atoms with Crippen LogP contribution in [0.3, 0.4) is 0 Å². The van der Waals surface area contributed by atoms with Crippen LogP contribution in [0.1, 0.15) is 44.2 Å². The van der Waals surface area contributed by atoms with Gasteiger partial charge in [-0.2, -0.15) is 0 Å². The summed E-state index contributed by atoms with van der Waals surface area (Å²) in [5, 5.41) is 10.2. The van der Waals surface area contributed by atoms with Gasteiger partial charge < -0.3 is 24.2 Å². The molecule has 6 nitrogen and oxygen atoms in total. The van der Waals surface area contributed by atoms with Crippen molar-refractivity contribution >= 4 is 5.97 Å². The first-order valence-corrected chi connectivity index (χ1v) is 11.2. The quantitative estimate of drug-likeness (QED) is 0.439. The van der Waals surface area contributed by atoms with Gasteiger partial charge in [0.05, 0.1) is 12.7 Å². The van der Waals surface area contributed by atoms with E-state index in [-0.39, 0.29) is 23.6 Å². The lowest BCUT2D eigenvalue weighted by Gasteiger charge is -2.56. The minimum atomic E-state index is -0.467. The molecule has 6 atom stereocenters. The van der Waals surface area contributed by atoms with Gasteiger partial charge in [-0.1, -0.05) is 31.6 Å². The fourth-order valence-electron chi connectivity index (χ4n) is 6.23. The highest BCUT2D eigenvalue weighted by Crippen LogP contribution is 2.62. The van der Waals surface area contributed by atoms with Crippen molar-refractivity contribution in [3.8, 4) is 11.5 Å². The van der Waals surface area contributed by atoms with E-state index in [1.165, 1.54) is 18.1 Å². The molecule has 0 saturated carbocycles. The predicted molar refractivity (Wildman–Crippen MR) is 112 cm³/mol. The van der Waals surface area contributed by atoms with Crippen LogP contribution >= 0.6 is 0 Å². The van der Waals surface area contributed by atoms with Gasteiger partial charge in [0, 0.05) is 29.9 Å². The Morgan fingerprint density at radius 2 is 2.23 bits per heavy atom. The largest absolute Gasteiger partial charge is 0.482 e. The number of nitrogens with zero attached hydrogens (tertiary/aromatic N) is 1. The number of aliphatic hydroxyl groups is 1. The number of carbonyl (C=O) groups excluding carboxylic acids is 1. The number of likely N-dealkylation sites (N-methyl/N-ethyl adjacent to an activating group) is 1. The summed E-state index contributed by atoms with van der Waals surface area (Å²) in [6.07, 6.45) is 7.14. The highest BCUT2D eigenvalue weighted by Gasteiger charge is 2.64. The minimum absolute atomic E-state index is 0.175. The van der Waals surface area contributed by atoms with Crippen molar-refractivity contribution in [2.75, 3.05) is 20.2 Å². The number of ether oxygens (including phenoxy) is 3. The molecule has 0 aromatic heterocycles. The van der Waals surface area contributed by atoms with Crippen molar-refractivity contribution in [1.82, 2.24) is 4.90 Å². The highest BCUT2D eigenvalue weighted by molar-refractivity contribution is 5.72. The number of esters is 1. The summed E-state index contributed by atoms with van der Waals surface area (Å²) in [5.41, 5.74) is 2.33. The lowest BCUT2D eigenvalue weighted by Crippen LogP contribution is -2.65. The summed E-state index contributed by atoms with van der Waals surface area (Å²) in [4.78, 5) is 14.2. The fourth-order valence-corrected chi connectivity index (χ4v) is 6.23. The summed E-state index contributed by atoms with van der Waals surface area (Å²) in [7, 11) is 2.21. The fraction of sp³-hybridized carbons (Fsp3) is 0.625. The maximum atomic E-state index is 11.7. The normalized spacial score (nSPS) is 34.3. The minimum Gasteiger partial charge on any atom is -0.482 e. The topological polar surface area (TPSA) is 68.2 Å². The first kappa shape index (κ1) is 20.0. The molecule has 1 fully saturated rings. The number of rotatable bonds is 6. The molecule has 6 heteroatoms. The Labute approximate surface area is 177 Å². The van der Waals surface area contributed by atoms with E-state index in [1.54, 1.807) is 0 Å². The maximum absolute atomic E-state index is 11.7. The van der Waals surface area contributed by atoms with Gasteiger partial charge in [0.15, 0.2) is 11.5 Å². The molecule has 2 aliphatic carbocycles. The zero-order valence-electron chi connectivity index (χ0n) is 18.0. The van der Waals surface area contributed by atoms with E-state index >= 15 is 0 Å². The molecule has 1 saturated heterocycles. The van der Waals surface area contributed by atoms with Crippen LogP contribution in [0.25, 0.3) is 0 Å². The molecule has 4 aliphatic rings. The highest BCUT2D eigenvalue weighted by atomic mass is 16.6. The van der Waals surface area contributed by atoms with E-state index in [0.29, 0.717) is 30.1 Å². The Morgan fingerprint density at radius 3 is 3.00 bits per heavy atom. The predicted octanol–water partition coefficient (Wildman–Crippen LogP) is 2.60. The Balaban J connectivity index is 1.57. The van der Waals surface area contributed by atoms with Crippen LogP contribution in [0, 0.1) is 5.92 Å². The van der Waals surface area contributed by atoms with E-state index in [9.17, 15) is 9.90 Å². The third kappa shape index (κ3) is 2.84. The lowest BCUT2D eigenvalue weighted by atomic mass is 9.53. The van der Waals surface area contributed by atoms with E-state index in [4.69, 9.17) is 14.2 Å². The van der Waals surface area contributed by atoms with Crippen LogP contribution in [-0.2, 0) is 21.4 Å². The zero-order valence-corrected chi connectivity index (χ0v) is 18.0. The van der Waals surface area contributed by atoms with E-state index in [0.717, 1.165) is 32.2 Å². The molecule has 3 unspecified atom stereocenters. The van der Waals surface area contributed by atoms with Gasteiger partial charge in [0.2, 0.25) is 0 Å². The molecule has 0 radical (unpaired) electrons. The van der Waals surface area contributed by atoms with Crippen LogP contribution in [-0.4, -0.2) is 60.5 Å². The van der Waals surface area contributed by atoms with Crippen molar-refractivity contribution in [2.45, 2.75) is 69.3 Å². The van der Waals surface area contributed by atoms with Gasteiger partial charge in [0.1, 0.15) is 12.2 Å².